The fourth-order valence-corrected chi connectivity index (χ4v) is 5.40. The second kappa shape index (κ2) is 12.3. The van der Waals surface area contributed by atoms with Crippen molar-refractivity contribution >= 4 is 5.97 Å². The summed E-state index contributed by atoms with van der Waals surface area (Å²) in [7, 11) is 0. The molecule has 2 aliphatic carbocycles. The number of aliphatic carboxylic acids is 1. The Morgan fingerprint density at radius 2 is 2.00 bits per heavy atom. The number of carboxylic acids is 1. The fraction of sp³-hybridized carbons (Fsp3) is 0.808. The van der Waals surface area contributed by atoms with E-state index in [1.807, 2.05) is 6.08 Å². The molecule has 0 spiro atoms. The van der Waals surface area contributed by atoms with E-state index in [0.29, 0.717) is 25.4 Å². The molecule has 0 fully saturated rings. The van der Waals surface area contributed by atoms with Gasteiger partial charge >= 0.3 is 5.97 Å². The third-order valence-electron chi connectivity index (χ3n) is 7.51. The molecule has 6 nitrogen and oxygen atoms in total. The molecule has 0 saturated carbocycles. The normalized spacial score (nSPS) is 31.3. The van der Waals surface area contributed by atoms with Crippen LogP contribution in [0.25, 0.3) is 0 Å². The summed E-state index contributed by atoms with van der Waals surface area (Å²) in [4.78, 5) is 10.8. The Bertz CT molecular complexity index is 659. The van der Waals surface area contributed by atoms with E-state index in [1.165, 1.54) is 0 Å². The van der Waals surface area contributed by atoms with Gasteiger partial charge in [0.25, 0.3) is 0 Å². The Hall–Kier alpha value is -1.21. The lowest BCUT2D eigenvalue weighted by Gasteiger charge is -2.44. The van der Waals surface area contributed by atoms with Gasteiger partial charge in [0.05, 0.1) is 37.4 Å². The predicted molar refractivity (Wildman–Crippen MR) is 125 cm³/mol. The van der Waals surface area contributed by atoms with E-state index in [-0.39, 0.29) is 36.2 Å². The number of aliphatic hydroxyl groups excluding tert-OH is 3. The molecule has 8 atom stereocenters. The average Bonchev–Trinajstić information content (AvgIpc) is 2.71. The van der Waals surface area contributed by atoms with Gasteiger partial charge in [-0.15, -0.1) is 0 Å². The first-order valence-electron chi connectivity index (χ1n) is 12.4. The zero-order valence-electron chi connectivity index (χ0n) is 20.2. The highest BCUT2D eigenvalue weighted by atomic mass is 16.5. The molecule has 0 aromatic rings. The third-order valence-corrected chi connectivity index (χ3v) is 7.51. The number of aliphatic hydroxyl groups is 3. The van der Waals surface area contributed by atoms with Gasteiger partial charge in [0, 0.05) is 12.3 Å². The van der Waals surface area contributed by atoms with Gasteiger partial charge < -0.3 is 25.2 Å². The van der Waals surface area contributed by atoms with Crippen LogP contribution in [-0.4, -0.2) is 57.4 Å². The van der Waals surface area contributed by atoms with Crippen LogP contribution in [0.5, 0.6) is 0 Å². The monoisotopic (exact) mass is 452 g/mol. The van der Waals surface area contributed by atoms with Crippen LogP contribution in [-0.2, 0) is 9.53 Å². The molecule has 2 rings (SSSR count). The number of allylic oxidation sites excluding steroid dienone is 2. The molecule has 6 heteroatoms. The predicted octanol–water partition coefficient (Wildman–Crippen LogP) is 4.08. The van der Waals surface area contributed by atoms with Crippen molar-refractivity contribution in [2.45, 2.75) is 103 Å². The van der Waals surface area contributed by atoms with Crippen LogP contribution in [0.1, 0.15) is 79.1 Å². The zero-order valence-corrected chi connectivity index (χ0v) is 20.2. The maximum atomic E-state index is 10.8. The molecule has 0 unspecified atom stereocenters. The largest absolute Gasteiger partial charge is 0.481 e. The quantitative estimate of drug-likeness (QED) is 0.335. The van der Waals surface area contributed by atoms with Crippen molar-refractivity contribution in [1.82, 2.24) is 0 Å². The van der Waals surface area contributed by atoms with Gasteiger partial charge in [-0.2, -0.15) is 0 Å². The summed E-state index contributed by atoms with van der Waals surface area (Å²) in [5, 5.41) is 39.5. The minimum Gasteiger partial charge on any atom is -0.481 e. The van der Waals surface area contributed by atoms with E-state index in [2.05, 4.69) is 39.8 Å². The lowest BCUT2D eigenvalue weighted by atomic mass is 9.66. The van der Waals surface area contributed by atoms with E-state index >= 15 is 0 Å². The summed E-state index contributed by atoms with van der Waals surface area (Å²) in [6.45, 7) is 9.52. The van der Waals surface area contributed by atoms with Crippen LogP contribution < -0.4 is 0 Å². The first-order valence-corrected chi connectivity index (χ1v) is 12.4. The highest BCUT2D eigenvalue weighted by Gasteiger charge is 2.41. The van der Waals surface area contributed by atoms with Crippen molar-refractivity contribution in [3.8, 4) is 0 Å². The molecule has 0 amide bonds. The molecule has 2 aliphatic rings. The lowest BCUT2D eigenvalue weighted by molar-refractivity contribution is -0.139. The molecule has 4 N–H and O–H groups in total. The van der Waals surface area contributed by atoms with Crippen LogP contribution in [0, 0.1) is 23.2 Å². The van der Waals surface area contributed by atoms with Crippen molar-refractivity contribution in [1.29, 1.82) is 0 Å². The van der Waals surface area contributed by atoms with Gasteiger partial charge in [-0.05, 0) is 54.9 Å². The van der Waals surface area contributed by atoms with E-state index < -0.39 is 24.3 Å². The molecule has 0 aromatic heterocycles. The minimum absolute atomic E-state index is 0.0696. The standard InChI is InChI=1S/C26H44O6/c1-5-11-26(4,6-2)16-32-23-14-20(28)12-18-8-7-17(3)22(25(18)23)10-9-19(27)13-21(29)15-24(30)31/h7-8,12,17,19-23,25,27-29H,5-6,9-11,13-16H2,1-4H3,(H,30,31)/t17-,19-,20-,21-,22+,23+,25+,26+/m1/s1. The Kier molecular flexibility index (Phi) is 10.4. The molecular weight excluding hydrogens is 408 g/mol. The molecule has 0 bridgehead atoms. The van der Waals surface area contributed by atoms with Crippen molar-refractivity contribution in [2.24, 2.45) is 23.2 Å². The van der Waals surface area contributed by atoms with Crippen molar-refractivity contribution in [3.63, 3.8) is 0 Å². The summed E-state index contributed by atoms with van der Waals surface area (Å²) < 4.78 is 6.52. The minimum atomic E-state index is -1.06. The summed E-state index contributed by atoms with van der Waals surface area (Å²) in [5.41, 5.74) is 1.24. The molecular formula is C26H44O6. The summed E-state index contributed by atoms with van der Waals surface area (Å²) in [5.74, 6) is -0.331. The topological polar surface area (TPSA) is 107 Å². The van der Waals surface area contributed by atoms with Gasteiger partial charge in [0.2, 0.25) is 0 Å². The zero-order chi connectivity index (χ0) is 23.9. The lowest BCUT2D eigenvalue weighted by Crippen LogP contribution is -2.43. The first kappa shape index (κ1) is 27.0. The van der Waals surface area contributed by atoms with Gasteiger partial charge in [-0.3, -0.25) is 4.79 Å². The number of hydrogen-bond donors (Lipinski definition) is 4. The Balaban J connectivity index is 2.08. The summed E-state index contributed by atoms with van der Waals surface area (Å²) >= 11 is 0. The van der Waals surface area contributed by atoms with E-state index in [1.54, 1.807) is 0 Å². The molecule has 0 heterocycles. The molecule has 0 aromatic carbocycles. The van der Waals surface area contributed by atoms with Crippen LogP contribution in [0.15, 0.2) is 23.8 Å². The SMILES string of the molecule is CCC[C@](C)(CC)CO[C@H]1C[C@H](O)C=C2C=C[C@@H](C)[C@H](CC[C@@H](O)C[C@@H](O)CC(=O)O)[C@H]21. The Labute approximate surface area is 193 Å². The number of hydrogen-bond acceptors (Lipinski definition) is 5. The van der Waals surface area contributed by atoms with Crippen molar-refractivity contribution in [3.05, 3.63) is 23.8 Å². The molecule has 0 saturated heterocycles. The fourth-order valence-electron chi connectivity index (χ4n) is 5.40. The molecule has 184 valence electrons. The maximum Gasteiger partial charge on any atom is 0.305 e. The van der Waals surface area contributed by atoms with Gasteiger partial charge in [0.15, 0.2) is 0 Å². The Morgan fingerprint density at radius 3 is 2.62 bits per heavy atom. The average molecular weight is 453 g/mol. The van der Waals surface area contributed by atoms with E-state index in [4.69, 9.17) is 9.84 Å². The van der Waals surface area contributed by atoms with Gasteiger partial charge in [0.1, 0.15) is 0 Å². The third kappa shape index (κ3) is 7.68. The van der Waals surface area contributed by atoms with Crippen LogP contribution >= 0.6 is 0 Å². The van der Waals surface area contributed by atoms with Gasteiger partial charge in [-0.1, -0.05) is 52.3 Å². The number of fused-ring (bicyclic) bond motifs is 1. The summed E-state index contributed by atoms with van der Waals surface area (Å²) in [6, 6.07) is 0. The molecule has 0 aliphatic heterocycles. The van der Waals surface area contributed by atoms with Crippen LogP contribution in [0.3, 0.4) is 0 Å². The second-order valence-electron chi connectivity index (χ2n) is 10.4. The van der Waals surface area contributed by atoms with Crippen LogP contribution in [0.4, 0.5) is 0 Å². The maximum absolute atomic E-state index is 10.8. The smallest absolute Gasteiger partial charge is 0.305 e. The first-order chi connectivity index (χ1) is 15.1. The molecule has 0 radical (unpaired) electrons. The molecule has 32 heavy (non-hydrogen) atoms. The van der Waals surface area contributed by atoms with Gasteiger partial charge in [-0.25, -0.2) is 0 Å². The number of carbonyl (C=O) groups is 1. The van der Waals surface area contributed by atoms with E-state index in [0.717, 1.165) is 31.3 Å². The highest BCUT2D eigenvalue weighted by molar-refractivity contribution is 5.67. The summed E-state index contributed by atoms with van der Waals surface area (Å²) in [6.07, 6.45) is 8.70. The van der Waals surface area contributed by atoms with Crippen LogP contribution in [0.2, 0.25) is 0 Å². The number of carboxylic acid groups (broad SMARTS) is 1. The Morgan fingerprint density at radius 1 is 1.28 bits per heavy atom. The highest BCUT2D eigenvalue weighted by Crippen LogP contribution is 2.44. The number of ether oxygens (including phenoxy) is 1. The van der Waals surface area contributed by atoms with E-state index in [9.17, 15) is 20.1 Å². The second-order valence-corrected chi connectivity index (χ2v) is 10.4. The number of rotatable bonds is 13. The van der Waals surface area contributed by atoms with Crippen molar-refractivity contribution < 1.29 is 30.0 Å². The van der Waals surface area contributed by atoms with Crippen molar-refractivity contribution in [2.75, 3.05) is 6.61 Å².